The maximum Gasteiger partial charge on any atom is 0.253 e. The Labute approximate surface area is 185 Å². The van der Waals surface area contributed by atoms with Crippen molar-refractivity contribution in [2.75, 3.05) is 25.5 Å². The molecular formula is C23H23ClFN3O3. The quantitative estimate of drug-likeness (QED) is 0.569. The summed E-state index contributed by atoms with van der Waals surface area (Å²) in [7, 11) is 3.31. The number of rotatable bonds is 8. The molecule has 0 unspecified atom stereocenters. The van der Waals surface area contributed by atoms with Crippen molar-refractivity contribution < 1.29 is 18.4 Å². The van der Waals surface area contributed by atoms with Crippen molar-refractivity contribution in [1.29, 1.82) is 0 Å². The zero-order chi connectivity index (χ0) is 22.4. The van der Waals surface area contributed by atoms with E-state index in [0.29, 0.717) is 27.6 Å². The molecule has 0 saturated carbocycles. The predicted octanol–water partition coefficient (Wildman–Crippen LogP) is 4.10. The summed E-state index contributed by atoms with van der Waals surface area (Å²) < 4.78 is 19.3. The maximum atomic E-state index is 14.0. The van der Waals surface area contributed by atoms with Crippen molar-refractivity contribution in [2.45, 2.75) is 13.1 Å². The van der Waals surface area contributed by atoms with Crippen molar-refractivity contribution in [2.24, 2.45) is 0 Å². The number of halogens is 2. The highest BCUT2D eigenvalue weighted by Gasteiger charge is 2.20. The van der Waals surface area contributed by atoms with Crippen LogP contribution in [0.5, 0.6) is 0 Å². The predicted molar refractivity (Wildman–Crippen MR) is 117 cm³/mol. The fourth-order valence-corrected chi connectivity index (χ4v) is 3.34. The zero-order valence-corrected chi connectivity index (χ0v) is 18.0. The van der Waals surface area contributed by atoms with Crippen LogP contribution in [0.1, 0.15) is 21.7 Å². The molecule has 8 heteroatoms. The molecule has 0 atom stereocenters. The van der Waals surface area contributed by atoms with E-state index >= 15 is 0 Å². The molecule has 0 aliphatic carbocycles. The molecular weight excluding hydrogens is 421 g/mol. The van der Waals surface area contributed by atoms with E-state index in [1.54, 1.807) is 61.5 Å². The van der Waals surface area contributed by atoms with E-state index in [1.807, 2.05) is 0 Å². The number of hydrogen-bond donors (Lipinski definition) is 1. The van der Waals surface area contributed by atoms with Crippen molar-refractivity contribution >= 4 is 29.1 Å². The number of anilines is 1. The fraction of sp³-hybridized carbons (Fsp3) is 0.217. The first-order chi connectivity index (χ1) is 14.9. The molecule has 0 bridgehead atoms. The normalized spacial score (nSPS) is 10.9. The van der Waals surface area contributed by atoms with Crippen LogP contribution in [-0.2, 0) is 17.9 Å². The van der Waals surface area contributed by atoms with Crippen LogP contribution in [0.2, 0.25) is 5.02 Å². The van der Waals surface area contributed by atoms with Gasteiger partial charge in [0.25, 0.3) is 5.91 Å². The van der Waals surface area contributed by atoms with E-state index in [9.17, 15) is 14.0 Å². The van der Waals surface area contributed by atoms with Gasteiger partial charge in [0.05, 0.1) is 30.6 Å². The van der Waals surface area contributed by atoms with Gasteiger partial charge in [-0.25, -0.2) is 4.39 Å². The first-order valence-corrected chi connectivity index (χ1v) is 10.0. The van der Waals surface area contributed by atoms with Gasteiger partial charge in [-0.15, -0.1) is 0 Å². The molecule has 0 spiro atoms. The number of furan rings is 1. The first-order valence-electron chi connectivity index (χ1n) is 9.64. The van der Waals surface area contributed by atoms with Crippen LogP contribution in [0.15, 0.2) is 65.3 Å². The highest BCUT2D eigenvalue weighted by atomic mass is 35.5. The molecule has 2 aromatic carbocycles. The molecule has 2 amide bonds. The van der Waals surface area contributed by atoms with Gasteiger partial charge in [0, 0.05) is 24.2 Å². The minimum absolute atomic E-state index is 0.0174. The van der Waals surface area contributed by atoms with Crippen LogP contribution in [0, 0.1) is 5.82 Å². The number of benzene rings is 2. The minimum Gasteiger partial charge on any atom is -0.467 e. The van der Waals surface area contributed by atoms with Crippen molar-refractivity contribution in [1.82, 2.24) is 10.2 Å². The van der Waals surface area contributed by atoms with Crippen molar-refractivity contribution in [3.63, 3.8) is 0 Å². The molecule has 1 heterocycles. The van der Waals surface area contributed by atoms with Gasteiger partial charge in [0.2, 0.25) is 5.91 Å². The third kappa shape index (κ3) is 5.71. The monoisotopic (exact) mass is 443 g/mol. The van der Waals surface area contributed by atoms with Crippen LogP contribution in [0.25, 0.3) is 0 Å². The highest BCUT2D eigenvalue weighted by molar-refractivity contribution is 6.31. The number of amides is 2. The molecule has 1 aromatic heterocycles. The van der Waals surface area contributed by atoms with Gasteiger partial charge in [0.15, 0.2) is 0 Å². The first kappa shape index (κ1) is 22.5. The van der Waals surface area contributed by atoms with Gasteiger partial charge in [-0.3, -0.25) is 14.5 Å². The Kier molecular flexibility index (Phi) is 7.44. The Morgan fingerprint density at radius 1 is 1.06 bits per heavy atom. The van der Waals surface area contributed by atoms with E-state index in [4.69, 9.17) is 16.0 Å². The van der Waals surface area contributed by atoms with E-state index < -0.39 is 5.82 Å². The molecule has 0 aliphatic heterocycles. The molecule has 6 nitrogen and oxygen atoms in total. The Morgan fingerprint density at radius 3 is 2.55 bits per heavy atom. The summed E-state index contributed by atoms with van der Waals surface area (Å²) in [6.07, 6.45) is 1.53. The van der Waals surface area contributed by atoms with Crippen LogP contribution in [0.4, 0.5) is 10.1 Å². The van der Waals surface area contributed by atoms with E-state index in [2.05, 4.69) is 5.32 Å². The third-order valence-corrected chi connectivity index (χ3v) is 5.14. The number of carbonyl (C=O) groups excluding carboxylic acids is 2. The van der Waals surface area contributed by atoms with Crippen LogP contribution in [-0.4, -0.2) is 37.4 Å². The summed E-state index contributed by atoms with van der Waals surface area (Å²) in [5, 5.41) is 3.10. The third-order valence-electron chi connectivity index (χ3n) is 4.78. The molecule has 0 radical (unpaired) electrons. The second kappa shape index (κ2) is 10.2. The molecule has 162 valence electrons. The Hall–Kier alpha value is -3.16. The molecule has 1 N–H and O–H groups in total. The molecule has 0 fully saturated rings. The number of carbonyl (C=O) groups is 2. The lowest BCUT2D eigenvalue weighted by Crippen LogP contribution is -2.37. The number of para-hydroxylation sites is 1. The molecule has 3 rings (SSSR count). The lowest BCUT2D eigenvalue weighted by Gasteiger charge is -2.24. The summed E-state index contributed by atoms with van der Waals surface area (Å²) in [4.78, 5) is 28.6. The summed E-state index contributed by atoms with van der Waals surface area (Å²) in [6.45, 7) is 0.434. The Balaban J connectivity index is 1.67. The standard InChI is InChI=1S/C23H23ClFN3O3/c1-27(14-18-19(24)9-5-10-20(18)25)15-22(29)28(2)21-11-4-3-8-17(21)23(30)26-13-16-7-6-12-31-16/h3-12H,13-15H2,1-2H3,(H,26,30). The van der Waals surface area contributed by atoms with E-state index in [-0.39, 0.29) is 31.4 Å². The van der Waals surface area contributed by atoms with E-state index in [0.717, 1.165) is 0 Å². The van der Waals surface area contributed by atoms with Gasteiger partial charge in [-0.05, 0) is 43.4 Å². The van der Waals surface area contributed by atoms with E-state index in [1.165, 1.54) is 23.3 Å². The number of likely N-dealkylation sites (N-methyl/N-ethyl adjacent to an activating group) is 2. The number of nitrogens with zero attached hydrogens (tertiary/aromatic N) is 2. The lowest BCUT2D eigenvalue weighted by atomic mass is 10.1. The molecule has 31 heavy (non-hydrogen) atoms. The summed E-state index contributed by atoms with van der Waals surface area (Å²) >= 11 is 6.08. The average molecular weight is 444 g/mol. The summed E-state index contributed by atoms with van der Waals surface area (Å²) in [5.41, 5.74) is 1.17. The van der Waals surface area contributed by atoms with Gasteiger partial charge in [-0.1, -0.05) is 29.8 Å². The van der Waals surface area contributed by atoms with Gasteiger partial charge >= 0.3 is 0 Å². The SMILES string of the molecule is CN(CC(=O)N(C)c1ccccc1C(=O)NCc1ccco1)Cc1c(F)cccc1Cl. The largest absolute Gasteiger partial charge is 0.467 e. The topological polar surface area (TPSA) is 65.8 Å². The molecule has 0 aliphatic rings. The summed E-state index contributed by atoms with van der Waals surface area (Å²) in [6, 6.07) is 14.8. The maximum absolute atomic E-state index is 14.0. The molecule has 3 aromatic rings. The average Bonchev–Trinajstić information content (AvgIpc) is 3.28. The van der Waals surface area contributed by atoms with Crippen LogP contribution < -0.4 is 10.2 Å². The minimum atomic E-state index is -0.418. The zero-order valence-electron chi connectivity index (χ0n) is 17.3. The number of hydrogen-bond acceptors (Lipinski definition) is 4. The second-order valence-electron chi connectivity index (χ2n) is 7.10. The fourth-order valence-electron chi connectivity index (χ4n) is 3.11. The lowest BCUT2D eigenvalue weighted by molar-refractivity contribution is -0.119. The van der Waals surface area contributed by atoms with Gasteiger partial charge < -0.3 is 14.6 Å². The number of nitrogens with one attached hydrogen (secondary N) is 1. The van der Waals surface area contributed by atoms with Crippen molar-refractivity contribution in [3.8, 4) is 0 Å². The van der Waals surface area contributed by atoms with Crippen LogP contribution >= 0.6 is 11.6 Å². The summed E-state index contributed by atoms with van der Waals surface area (Å²) in [5.74, 6) is -0.359. The van der Waals surface area contributed by atoms with Crippen LogP contribution in [0.3, 0.4) is 0 Å². The van der Waals surface area contributed by atoms with Gasteiger partial charge in [-0.2, -0.15) is 0 Å². The van der Waals surface area contributed by atoms with Gasteiger partial charge in [0.1, 0.15) is 11.6 Å². The smallest absolute Gasteiger partial charge is 0.253 e. The Morgan fingerprint density at radius 2 is 1.84 bits per heavy atom. The molecule has 0 saturated heterocycles. The Bertz CT molecular complexity index is 1040. The second-order valence-corrected chi connectivity index (χ2v) is 7.51. The van der Waals surface area contributed by atoms with Crippen molar-refractivity contribution in [3.05, 3.63) is 88.6 Å². The highest BCUT2D eigenvalue weighted by Crippen LogP contribution is 2.22.